The molecular formula is C27H31F3N2. The van der Waals surface area contributed by atoms with E-state index < -0.39 is 11.7 Å². The summed E-state index contributed by atoms with van der Waals surface area (Å²) in [6.45, 7) is 17.8. The van der Waals surface area contributed by atoms with Crippen molar-refractivity contribution in [2.24, 2.45) is 0 Å². The molecule has 1 heterocycles. The van der Waals surface area contributed by atoms with Crippen LogP contribution in [0.1, 0.15) is 43.2 Å². The molecule has 5 heteroatoms. The number of aromatic nitrogens is 2. The van der Waals surface area contributed by atoms with Gasteiger partial charge in [0.1, 0.15) is 0 Å². The average Bonchev–Trinajstić information content (AvgIpc) is 3.16. The number of allylic oxidation sites excluding steroid dienone is 4. The highest BCUT2D eigenvalue weighted by Gasteiger charge is 2.29. The van der Waals surface area contributed by atoms with E-state index in [4.69, 9.17) is 0 Å². The van der Waals surface area contributed by atoms with Crippen molar-refractivity contribution >= 4 is 5.57 Å². The normalized spacial score (nSPS) is 10.6. The lowest BCUT2D eigenvalue weighted by Crippen LogP contribution is -2.04. The Hall–Kier alpha value is -3.34. The molecule has 0 aliphatic heterocycles. The number of hydrogen-bond acceptors (Lipinski definition) is 1. The number of rotatable bonds is 4. The fourth-order valence-electron chi connectivity index (χ4n) is 2.84. The molecule has 0 amide bonds. The van der Waals surface area contributed by atoms with Crippen molar-refractivity contribution in [2.45, 2.75) is 40.8 Å². The zero-order valence-electron chi connectivity index (χ0n) is 19.4. The largest absolute Gasteiger partial charge is 0.416 e. The summed E-state index contributed by atoms with van der Waals surface area (Å²) in [6.07, 6.45) is 1.57. The van der Waals surface area contributed by atoms with Crippen LogP contribution >= 0.6 is 0 Å². The van der Waals surface area contributed by atoms with E-state index >= 15 is 0 Å². The second kappa shape index (κ2) is 12.5. The molecule has 0 aliphatic rings. The summed E-state index contributed by atoms with van der Waals surface area (Å²) in [7, 11) is 0. The standard InChI is InChI=1S/C17H18N2.C8H7F3.C2H6/c1-5-9-13(2)15(4)17-14(3)12-18-19(17)16-10-7-6-8-11-16;1-6-3-2-4-7(5-6)8(9,10)11;1-2/h5-12H,2,4H2,1,3H3;2-5H,1H3;1-2H3/b9-5-;;. The minimum absolute atomic E-state index is 0.586. The number of halogens is 3. The van der Waals surface area contributed by atoms with Crippen LogP contribution < -0.4 is 0 Å². The molecule has 0 bridgehead atoms. The number of hydrogen-bond donors (Lipinski definition) is 0. The SMILES string of the molecule is C=C(/C=C\C)C(=C)c1c(C)cnn1-c1ccccc1.CC.Cc1cccc(C(F)(F)F)c1. The zero-order valence-corrected chi connectivity index (χ0v) is 19.4. The van der Waals surface area contributed by atoms with Gasteiger partial charge in [0.2, 0.25) is 0 Å². The van der Waals surface area contributed by atoms with Crippen LogP contribution in [0, 0.1) is 13.8 Å². The topological polar surface area (TPSA) is 17.8 Å². The third-order valence-electron chi connectivity index (χ3n) is 4.34. The maximum atomic E-state index is 12.0. The van der Waals surface area contributed by atoms with Gasteiger partial charge in [-0.1, -0.05) is 81.1 Å². The summed E-state index contributed by atoms with van der Waals surface area (Å²) >= 11 is 0. The molecule has 0 spiro atoms. The molecule has 3 aromatic rings. The lowest BCUT2D eigenvalue weighted by atomic mass is 10.0. The molecule has 170 valence electrons. The van der Waals surface area contributed by atoms with Crippen LogP contribution in [0.2, 0.25) is 0 Å². The first-order valence-electron chi connectivity index (χ1n) is 10.4. The maximum Gasteiger partial charge on any atom is 0.416 e. The lowest BCUT2D eigenvalue weighted by molar-refractivity contribution is -0.137. The Labute approximate surface area is 189 Å². The highest BCUT2D eigenvalue weighted by Crippen LogP contribution is 2.29. The zero-order chi connectivity index (χ0) is 24.3. The summed E-state index contributed by atoms with van der Waals surface area (Å²) in [4.78, 5) is 0. The Morgan fingerprint density at radius 3 is 2.09 bits per heavy atom. The summed E-state index contributed by atoms with van der Waals surface area (Å²) in [5, 5.41) is 4.44. The quantitative estimate of drug-likeness (QED) is 0.373. The summed E-state index contributed by atoms with van der Waals surface area (Å²) < 4.78 is 37.8. The molecule has 0 radical (unpaired) electrons. The molecule has 32 heavy (non-hydrogen) atoms. The molecule has 0 unspecified atom stereocenters. The van der Waals surface area contributed by atoms with Gasteiger partial charge in [-0.15, -0.1) is 0 Å². The van der Waals surface area contributed by atoms with Crippen LogP contribution in [-0.4, -0.2) is 9.78 Å². The highest BCUT2D eigenvalue weighted by atomic mass is 19.4. The van der Waals surface area contributed by atoms with Gasteiger partial charge in [-0.2, -0.15) is 18.3 Å². The molecular weight excluding hydrogens is 409 g/mol. The van der Waals surface area contributed by atoms with E-state index in [1.165, 1.54) is 6.07 Å². The first kappa shape index (κ1) is 26.7. The van der Waals surface area contributed by atoms with Crippen molar-refractivity contribution in [1.82, 2.24) is 9.78 Å². The molecule has 0 N–H and O–H groups in total. The van der Waals surface area contributed by atoms with E-state index in [1.54, 1.807) is 13.0 Å². The first-order chi connectivity index (χ1) is 15.1. The summed E-state index contributed by atoms with van der Waals surface area (Å²) in [5.74, 6) is 0. The number of alkyl halides is 3. The number of para-hydroxylation sites is 1. The third-order valence-corrected chi connectivity index (χ3v) is 4.34. The van der Waals surface area contributed by atoms with Crippen molar-refractivity contribution < 1.29 is 13.2 Å². The fourth-order valence-corrected chi connectivity index (χ4v) is 2.84. The number of nitrogens with zero attached hydrogens (tertiary/aromatic N) is 2. The van der Waals surface area contributed by atoms with Crippen LogP contribution in [0.15, 0.2) is 91.7 Å². The number of aryl methyl sites for hydroxylation is 2. The van der Waals surface area contributed by atoms with Gasteiger partial charge < -0.3 is 0 Å². The van der Waals surface area contributed by atoms with Crippen LogP contribution in [-0.2, 0) is 6.18 Å². The Bertz CT molecular complexity index is 1040. The monoisotopic (exact) mass is 440 g/mol. The van der Waals surface area contributed by atoms with E-state index in [1.807, 2.05) is 81.1 Å². The van der Waals surface area contributed by atoms with Crippen molar-refractivity contribution in [3.05, 3.63) is 114 Å². The molecule has 0 fully saturated rings. The van der Waals surface area contributed by atoms with Crippen LogP contribution in [0.5, 0.6) is 0 Å². The smallest absolute Gasteiger partial charge is 0.233 e. The molecule has 0 saturated heterocycles. The second-order valence-electron chi connectivity index (χ2n) is 6.79. The Morgan fingerprint density at radius 1 is 0.969 bits per heavy atom. The van der Waals surface area contributed by atoms with Crippen molar-refractivity contribution in [1.29, 1.82) is 0 Å². The van der Waals surface area contributed by atoms with E-state index in [0.29, 0.717) is 5.56 Å². The molecule has 0 aliphatic carbocycles. The molecule has 2 aromatic carbocycles. The predicted molar refractivity (Wildman–Crippen MR) is 129 cm³/mol. The summed E-state index contributed by atoms with van der Waals surface area (Å²) in [5.41, 5.74) is 4.98. The lowest BCUT2D eigenvalue weighted by Gasteiger charge is -2.11. The molecule has 2 nitrogen and oxygen atoms in total. The minimum atomic E-state index is -4.22. The van der Waals surface area contributed by atoms with Crippen LogP contribution in [0.3, 0.4) is 0 Å². The molecule has 3 rings (SSSR count). The van der Waals surface area contributed by atoms with Gasteiger partial charge >= 0.3 is 6.18 Å². The molecule has 0 atom stereocenters. The van der Waals surface area contributed by atoms with Gasteiger partial charge in [0.15, 0.2) is 0 Å². The van der Waals surface area contributed by atoms with Gasteiger partial charge in [-0.3, -0.25) is 0 Å². The second-order valence-corrected chi connectivity index (χ2v) is 6.79. The minimum Gasteiger partial charge on any atom is -0.233 e. The maximum absolute atomic E-state index is 12.0. The van der Waals surface area contributed by atoms with E-state index in [9.17, 15) is 13.2 Å². The van der Waals surface area contributed by atoms with Crippen LogP contribution in [0.4, 0.5) is 13.2 Å². The van der Waals surface area contributed by atoms with E-state index in [-0.39, 0.29) is 0 Å². The van der Waals surface area contributed by atoms with Gasteiger partial charge in [-0.05, 0) is 55.7 Å². The first-order valence-corrected chi connectivity index (χ1v) is 10.4. The highest BCUT2D eigenvalue weighted by molar-refractivity contribution is 5.79. The molecule has 0 saturated carbocycles. The Morgan fingerprint density at radius 2 is 1.59 bits per heavy atom. The third kappa shape index (κ3) is 7.41. The van der Waals surface area contributed by atoms with E-state index in [2.05, 4.69) is 18.3 Å². The average molecular weight is 441 g/mol. The van der Waals surface area contributed by atoms with Gasteiger partial charge in [0.05, 0.1) is 23.1 Å². The van der Waals surface area contributed by atoms with Crippen molar-refractivity contribution in [2.75, 3.05) is 0 Å². The summed E-state index contributed by atoms with van der Waals surface area (Å²) in [6, 6.07) is 15.3. The predicted octanol–water partition coefficient (Wildman–Crippen LogP) is 8.37. The van der Waals surface area contributed by atoms with Gasteiger partial charge in [0.25, 0.3) is 0 Å². The van der Waals surface area contributed by atoms with Gasteiger partial charge in [-0.25, -0.2) is 4.68 Å². The molecule has 1 aromatic heterocycles. The van der Waals surface area contributed by atoms with Gasteiger partial charge in [0, 0.05) is 0 Å². The van der Waals surface area contributed by atoms with Crippen LogP contribution in [0.25, 0.3) is 11.3 Å². The fraction of sp³-hybridized carbons (Fsp3) is 0.222. The van der Waals surface area contributed by atoms with E-state index in [0.717, 1.165) is 40.2 Å². The van der Waals surface area contributed by atoms with Crippen molar-refractivity contribution in [3.8, 4) is 5.69 Å². The Kier molecular flexibility index (Phi) is 10.4. The number of benzene rings is 2. The Balaban J connectivity index is 0.000000335. The van der Waals surface area contributed by atoms with Crippen molar-refractivity contribution in [3.63, 3.8) is 0 Å².